The molecule has 0 saturated carbocycles. The van der Waals surface area contributed by atoms with Crippen LogP contribution in [0.25, 0.3) is 10.9 Å². The Bertz CT molecular complexity index is 1010. The number of amides is 1. The number of para-hydroxylation sites is 1. The van der Waals surface area contributed by atoms with Crippen LogP contribution in [0.3, 0.4) is 0 Å². The zero-order chi connectivity index (χ0) is 21.8. The normalized spacial score (nSPS) is 21.5. The summed E-state index contributed by atoms with van der Waals surface area (Å²) in [6, 6.07) is 9.75. The van der Waals surface area contributed by atoms with Crippen LogP contribution in [0, 0.1) is 0 Å². The molecule has 1 aromatic carbocycles. The lowest BCUT2D eigenvalue weighted by molar-refractivity contribution is -0.138. The van der Waals surface area contributed by atoms with Gasteiger partial charge in [-0.1, -0.05) is 37.6 Å². The highest BCUT2D eigenvalue weighted by molar-refractivity contribution is 7.89. The number of aromatic nitrogens is 1. The van der Waals surface area contributed by atoms with E-state index in [0.717, 1.165) is 43.4 Å². The Labute approximate surface area is 185 Å². The molecule has 1 unspecified atom stereocenters. The first kappa shape index (κ1) is 22.2. The molecule has 8 heteroatoms. The average Bonchev–Trinajstić information content (AvgIpc) is 2.79. The van der Waals surface area contributed by atoms with E-state index in [2.05, 4.69) is 34.1 Å². The minimum Gasteiger partial charge on any atom is -0.339 e. The third-order valence-electron chi connectivity index (χ3n) is 6.35. The molecule has 3 heterocycles. The van der Waals surface area contributed by atoms with Gasteiger partial charge >= 0.3 is 0 Å². The second-order valence-corrected chi connectivity index (χ2v) is 10.6. The summed E-state index contributed by atoms with van der Waals surface area (Å²) < 4.78 is 26.9. The smallest absolute Gasteiger partial charge is 0.241 e. The first-order valence-corrected chi connectivity index (χ1v) is 12.9. The minimum absolute atomic E-state index is 0.0224. The lowest BCUT2D eigenvalue weighted by Crippen LogP contribution is -2.57. The highest BCUT2D eigenvalue weighted by Crippen LogP contribution is 2.24. The predicted octanol–water partition coefficient (Wildman–Crippen LogP) is 2.47. The number of benzene rings is 1. The molecule has 7 nitrogen and oxygen atoms in total. The third-order valence-corrected chi connectivity index (χ3v) is 8.43. The van der Waals surface area contributed by atoms with Gasteiger partial charge in [-0.05, 0) is 30.9 Å². The number of carbonyl (C=O) groups is 1. The number of pyridine rings is 1. The largest absolute Gasteiger partial charge is 0.339 e. The molecule has 2 fully saturated rings. The Hall–Kier alpha value is -2.03. The fourth-order valence-corrected chi connectivity index (χ4v) is 6.47. The molecular weight excluding hydrogens is 412 g/mol. The minimum atomic E-state index is -3.37. The van der Waals surface area contributed by atoms with Crippen molar-refractivity contribution in [2.75, 3.05) is 38.5 Å². The SMILES string of the molecule is CCCS(=O)(=O)N1CCCCC1C(=O)N1CCN(Cc2cccc3cccnc23)CC1. The molecule has 0 radical (unpaired) electrons. The van der Waals surface area contributed by atoms with Crippen LogP contribution in [0.5, 0.6) is 0 Å². The molecular formula is C23H32N4O3S. The van der Waals surface area contributed by atoms with Gasteiger partial charge < -0.3 is 4.90 Å². The fraction of sp³-hybridized carbons (Fsp3) is 0.565. The van der Waals surface area contributed by atoms with Gasteiger partial charge in [-0.3, -0.25) is 14.7 Å². The zero-order valence-corrected chi connectivity index (χ0v) is 19.1. The molecule has 2 saturated heterocycles. The molecule has 2 aliphatic heterocycles. The van der Waals surface area contributed by atoms with Gasteiger partial charge in [-0.15, -0.1) is 0 Å². The highest BCUT2D eigenvalue weighted by atomic mass is 32.2. The number of carbonyl (C=O) groups excluding carboxylic acids is 1. The number of sulfonamides is 1. The summed E-state index contributed by atoms with van der Waals surface area (Å²) in [6.07, 6.45) is 4.76. The first-order valence-electron chi connectivity index (χ1n) is 11.3. The van der Waals surface area contributed by atoms with E-state index in [1.54, 1.807) is 0 Å². The van der Waals surface area contributed by atoms with E-state index in [-0.39, 0.29) is 11.7 Å². The van der Waals surface area contributed by atoms with Gasteiger partial charge in [0, 0.05) is 50.9 Å². The van der Waals surface area contributed by atoms with Crippen molar-refractivity contribution in [3.05, 3.63) is 42.1 Å². The van der Waals surface area contributed by atoms with E-state index in [4.69, 9.17) is 0 Å². The molecule has 4 rings (SSSR count). The number of rotatable bonds is 6. The molecule has 168 valence electrons. The molecule has 1 aromatic heterocycles. The monoisotopic (exact) mass is 444 g/mol. The maximum absolute atomic E-state index is 13.2. The van der Waals surface area contributed by atoms with Gasteiger partial charge in [0.2, 0.25) is 15.9 Å². The number of piperidine rings is 1. The molecule has 0 aliphatic carbocycles. The molecule has 1 atom stereocenters. The van der Waals surface area contributed by atoms with Crippen LogP contribution in [-0.4, -0.2) is 77.9 Å². The van der Waals surface area contributed by atoms with Crippen molar-refractivity contribution in [2.24, 2.45) is 0 Å². The maximum Gasteiger partial charge on any atom is 0.241 e. The van der Waals surface area contributed by atoms with Crippen molar-refractivity contribution in [1.82, 2.24) is 19.1 Å². The van der Waals surface area contributed by atoms with Crippen LogP contribution in [-0.2, 0) is 21.4 Å². The molecule has 2 aliphatic rings. The maximum atomic E-state index is 13.2. The predicted molar refractivity (Wildman–Crippen MR) is 122 cm³/mol. The Kier molecular flexibility index (Phi) is 6.89. The Morgan fingerprint density at radius 1 is 1.06 bits per heavy atom. The molecule has 0 N–H and O–H groups in total. The van der Waals surface area contributed by atoms with Gasteiger partial charge in [-0.2, -0.15) is 4.31 Å². The summed E-state index contributed by atoms with van der Waals surface area (Å²) in [5, 5.41) is 1.14. The van der Waals surface area contributed by atoms with Crippen molar-refractivity contribution in [2.45, 2.75) is 45.2 Å². The van der Waals surface area contributed by atoms with Crippen LogP contribution in [0.2, 0.25) is 0 Å². The summed E-state index contributed by atoms with van der Waals surface area (Å²) >= 11 is 0. The van der Waals surface area contributed by atoms with Gasteiger partial charge in [0.05, 0.1) is 11.3 Å². The summed E-state index contributed by atoms with van der Waals surface area (Å²) in [6.45, 7) is 5.96. The molecule has 31 heavy (non-hydrogen) atoms. The number of nitrogens with zero attached hydrogens (tertiary/aromatic N) is 4. The third kappa shape index (κ3) is 4.91. The van der Waals surface area contributed by atoms with E-state index in [0.29, 0.717) is 32.5 Å². The number of hydrogen-bond acceptors (Lipinski definition) is 5. The zero-order valence-electron chi connectivity index (χ0n) is 18.2. The van der Waals surface area contributed by atoms with Gasteiger partial charge in [0.1, 0.15) is 6.04 Å². The average molecular weight is 445 g/mol. The van der Waals surface area contributed by atoms with Gasteiger partial charge in [0.15, 0.2) is 0 Å². The van der Waals surface area contributed by atoms with E-state index in [1.165, 1.54) is 9.87 Å². The molecule has 1 amide bonds. The Morgan fingerprint density at radius 2 is 1.84 bits per heavy atom. The standard InChI is InChI=1S/C23H32N4O3S/c1-2-17-31(29,30)27-12-4-3-10-21(27)23(28)26-15-13-25(14-16-26)18-20-8-5-7-19-9-6-11-24-22(19)20/h5-9,11,21H,2-4,10,12-18H2,1H3. The van der Waals surface area contributed by atoms with Crippen LogP contribution in [0.15, 0.2) is 36.5 Å². The lowest BCUT2D eigenvalue weighted by atomic mass is 10.0. The number of hydrogen-bond donors (Lipinski definition) is 0. The second-order valence-electron chi connectivity index (χ2n) is 8.53. The van der Waals surface area contributed by atoms with E-state index < -0.39 is 16.1 Å². The van der Waals surface area contributed by atoms with Crippen molar-refractivity contribution >= 4 is 26.8 Å². The molecule has 0 spiro atoms. The summed E-state index contributed by atoms with van der Waals surface area (Å²) in [4.78, 5) is 22.0. The molecule has 2 aromatic rings. The van der Waals surface area contributed by atoms with E-state index in [9.17, 15) is 13.2 Å². The quantitative estimate of drug-likeness (QED) is 0.684. The molecule has 0 bridgehead atoms. The van der Waals surface area contributed by atoms with Crippen LogP contribution in [0.4, 0.5) is 0 Å². The highest BCUT2D eigenvalue weighted by Gasteiger charge is 2.38. The summed E-state index contributed by atoms with van der Waals surface area (Å²) in [5.74, 6) is 0.0924. The van der Waals surface area contributed by atoms with Crippen LogP contribution >= 0.6 is 0 Å². The van der Waals surface area contributed by atoms with E-state index >= 15 is 0 Å². The summed E-state index contributed by atoms with van der Waals surface area (Å²) in [5.41, 5.74) is 2.23. The number of piperazine rings is 1. The topological polar surface area (TPSA) is 73.8 Å². The van der Waals surface area contributed by atoms with Crippen molar-refractivity contribution in [3.8, 4) is 0 Å². The van der Waals surface area contributed by atoms with Crippen LogP contribution < -0.4 is 0 Å². The Balaban J connectivity index is 1.39. The van der Waals surface area contributed by atoms with Crippen molar-refractivity contribution in [1.29, 1.82) is 0 Å². The Morgan fingerprint density at radius 3 is 2.61 bits per heavy atom. The van der Waals surface area contributed by atoms with E-state index in [1.807, 2.05) is 24.1 Å². The van der Waals surface area contributed by atoms with Crippen LogP contribution in [0.1, 0.15) is 38.2 Å². The van der Waals surface area contributed by atoms with Crippen molar-refractivity contribution in [3.63, 3.8) is 0 Å². The lowest BCUT2D eigenvalue weighted by Gasteiger charge is -2.40. The van der Waals surface area contributed by atoms with Gasteiger partial charge in [-0.25, -0.2) is 8.42 Å². The fourth-order valence-electron chi connectivity index (χ4n) is 4.73. The first-order chi connectivity index (χ1) is 15.0. The second kappa shape index (κ2) is 9.63. The summed E-state index contributed by atoms with van der Waals surface area (Å²) in [7, 11) is -3.37. The number of fused-ring (bicyclic) bond motifs is 1. The van der Waals surface area contributed by atoms with Crippen molar-refractivity contribution < 1.29 is 13.2 Å². The van der Waals surface area contributed by atoms with Gasteiger partial charge in [0.25, 0.3) is 0 Å².